The van der Waals surface area contributed by atoms with Gasteiger partial charge in [0.2, 0.25) is 11.8 Å². The first-order chi connectivity index (χ1) is 20.2. The van der Waals surface area contributed by atoms with E-state index < -0.39 is 34.3 Å². The van der Waals surface area contributed by atoms with Crippen molar-refractivity contribution in [3.8, 4) is 0 Å². The van der Waals surface area contributed by atoms with Gasteiger partial charge in [-0.05, 0) is 61.4 Å². The molecule has 0 aliphatic heterocycles. The lowest BCUT2D eigenvalue weighted by Crippen LogP contribution is -2.53. The Bertz CT molecular complexity index is 1580. The Morgan fingerprint density at radius 1 is 0.810 bits per heavy atom. The molecule has 0 aliphatic rings. The first-order valence-corrected chi connectivity index (χ1v) is 15.1. The predicted molar refractivity (Wildman–Crippen MR) is 162 cm³/mol. The number of amides is 2. The normalized spacial score (nSPS) is 11.9. The second-order valence-electron chi connectivity index (χ2n) is 9.91. The number of carbonyl (C=O) groups is 2. The highest BCUT2D eigenvalue weighted by Gasteiger charge is 2.34. The molecular formula is C33H34FN3O4S. The fourth-order valence-corrected chi connectivity index (χ4v) is 6.03. The summed E-state index contributed by atoms with van der Waals surface area (Å²) in [5.41, 5.74) is 2.68. The summed E-state index contributed by atoms with van der Waals surface area (Å²) in [7, 11) is -4.15. The molecule has 0 aromatic heterocycles. The summed E-state index contributed by atoms with van der Waals surface area (Å²) >= 11 is 0. The smallest absolute Gasteiger partial charge is 0.264 e. The van der Waals surface area contributed by atoms with E-state index in [0.717, 1.165) is 15.4 Å². The molecule has 9 heteroatoms. The minimum Gasteiger partial charge on any atom is -0.355 e. The maximum Gasteiger partial charge on any atom is 0.264 e. The van der Waals surface area contributed by atoms with Crippen molar-refractivity contribution < 1.29 is 22.4 Å². The number of nitrogens with zero attached hydrogens (tertiary/aromatic N) is 2. The number of rotatable bonds is 12. The second-order valence-corrected chi connectivity index (χ2v) is 11.8. The molecule has 1 atom stereocenters. The number of likely N-dealkylation sites (N-methyl/N-ethyl adjacent to an activating group) is 1. The molecule has 42 heavy (non-hydrogen) atoms. The Morgan fingerprint density at radius 3 is 2.00 bits per heavy atom. The zero-order chi connectivity index (χ0) is 30.1. The SMILES string of the molecule is CCNC(=O)C(Cc1ccccc1)N(Cc1ccc(F)cc1)C(=O)CN(c1ccc(C)cc1)S(=O)(=O)c1ccccc1. The monoisotopic (exact) mass is 587 g/mol. The summed E-state index contributed by atoms with van der Waals surface area (Å²) in [5.74, 6) is -1.38. The lowest BCUT2D eigenvalue weighted by molar-refractivity contribution is -0.140. The van der Waals surface area contributed by atoms with E-state index in [1.807, 2.05) is 37.3 Å². The van der Waals surface area contributed by atoms with Gasteiger partial charge in [0.1, 0.15) is 18.4 Å². The van der Waals surface area contributed by atoms with Crippen molar-refractivity contribution >= 4 is 27.5 Å². The second kappa shape index (κ2) is 13.9. The summed E-state index contributed by atoms with van der Waals surface area (Å²) in [4.78, 5) is 29.1. The number of anilines is 1. The van der Waals surface area contributed by atoms with E-state index in [-0.39, 0.29) is 23.8 Å². The van der Waals surface area contributed by atoms with Gasteiger partial charge in [-0.15, -0.1) is 0 Å². The summed E-state index contributed by atoms with van der Waals surface area (Å²) in [6, 6.07) is 28.8. The number of nitrogens with one attached hydrogen (secondary N) is 1. The van der Waals surface area contributed by atoms with Gasteiger partial charge in [-0.1, -0.05) is 78.4 Å². The number of benzene rings is 4. The van der Waals surface area contributed by atoms with Gasteiger partial charge in [0.25, 0.3) is 10.0 Å². The fraction of sp³-hybridized carbons (Fsp3) is 0.212. The van der Waals surface area contributed by atoms with Crippen LogP contribution in [-0.2, 0) is 32.6 Å². The fourth-order valence-electron chi connectivity index (χ4n) is 4.59. The minimum atomic E-state index is -4.15. The van der Waals surface area contributed by atoms with E-state index >= 15 is 0 Å². The molecule has 0 saturated heterocycles. The van der Waals surface area contributed by atoms with Gasteiger partial charge in [-0.25, -0.2) is 12.8 Å². The molecule has 0 saturated carbocycles. The predicted octanol–water partition coefficient (Wildman–Crippen LogP) is 5.11. The zero-order valence-corrected chi connectivity index (χ0v) is 24.4. The quantitative estimate of drug-likeness (QED) is 0.250. The number of halogens is 1. The molecule has 4 rings (SSSR count). The molecule has 4 aromatic carbocycles. The molecule has 0 bridgehead atoms. The van der Waals surface area contributed by atoms with E-state index in [2.05, 4.69) is 5.32 Å². The van der Waals surface area contributed by atoms with Crippen LogP contribution < -0.4 is 9.62 Å². The van der Waals surface area contributed by atoms with E-state index in [1.54, 1.807) is 61.5 Å². The molecule has 2 amide bonds. The third-order valence-corrected chi connectivity index (χ3v) is 8.61. The van der Waals surface area contributed by atoms with Gasteiger partial charge in [-0.2, -0.15) is 0 Å². The largest absolute Gasteiger partial charge is 0.355 e. The molecule has 1 N–H and O–H groups in total. The average Bonchev–Trinajstić information content (AvgIpc) is 3.00. The van der Waals surface area contributed by atoms with E-state index in [0.29, 0.717) is 17.8 Å². The van der Waals surface area contributed by atoms with Gasteiger partial charge in [0.15, 0.2) is 0 Å². The van der Waals surface area contributed by atoms with Crippen molar-refractivity contribution in [2.45, 2.75) is 37.8 Å². The van der Waals surface area contributed by atoms with E-state index in [9.17, 15) is 22.4 Å². The van der Waals surface area contributed by atoms with Gasteiger partial charge in [0, 0.05) is 19.5 Å². The Kier molecular flexibility index (Phi) is 10.1. The molecule has 218 valence electrons. The molecule has 0 heterocycles. The highest BCUT2D eigenvalue weighted by molar-refractivity contribution is 7.92. The molecule has 0 radical (unpaired) electrons. The van der Waals surface area contributed by atoms with Crippen LogP contribution in [0.2, 0.25) is 0 Å². The maximum absolute atomic E-state index is 14.2. The number of sulfonamides is 1. The first-order valence-electron chi connectivity index (χ1n) is 13.7. The van der Waals surface area contributed by atoms with Crippen LogP contribution in [0.25, 0.3) is 0 Å². The molecule has 0 aliphatic carbocycles. The van der Waals surface area contributed by atoms with Crippen molar-refractivity contribution in [3.05, 3.63) is 132 Å². The van der Waals surface area contributed by atoms with E-state index in [1.165, 1.54) is 29.2 Å². The highest BCUT2D eigenvalue weighted by Crippen LogP contribution is 2.25. The van der Waals surface area contributed by atoms with Crippen molar-refractivity contribution in [1.29, 1.82) is 0 Å². The molecule has 1 unspecified atom stereocenters. The van der Waals surface area contributed by atoms with Gasteiger partial charge < -0.3 is 10.2 Å². The van der Waals surface area contributed by atoms with Crippen LogP contribution in [0.15, 0.2) is 114 Å². The number of carbonyl (C=O) groups excluding carboxylic acids is 2. The Morgan fingerprint density at radius 2 is 1.40 bits per heavy atom. The summed E-state index contributed by atoms with van der Waals surface area (Å²) in [5, 5.41) is 2.82. The first kappa shape index (κ1) is 30.5. The zero-order valence-electron chi connectivity index (χ0n) is 23.6. The van der Waals surface area contributed by atoms with Crippen LogP contribution in [0.1, 0.15) is 23.6 Å². The molecule has 0 fully saturated rings. The van der Waals surface area contributed by atoms with Crippen LogP contribution in [0.4, 0.5) is 10.1 Å². The molecule has 0 spiro atoms. The summed E-state index contributed by atoms with van der Waals surface area (Å²) in [6.07, 6.45) is 0.204. The molecule has 4 aromatic rings. The standard InChI is InChI=1S/C33H34FN3O4S/c1-3-35-33(39)31(22-26-10-6-4-7-11-26)36(23-27-16-18-28(34)19-17-27)32(38)24-37(29-20-14-25(2)15-21-29)42(40,41)30-12-8-5-9-13-30/h4-21,31H,3,22-24H2,1-2H3,(H,35,39). The third kappa shape index (κ3) is 7.61. The summed E-state index contributed by atoms with van der Waals surface area (Å²) in [6.45, 7) is 3.44. The number of hydrogen-bond donors (Lipinski definition) is 1. The van der Waals surface area contributed by atoms with Crippen molar-refractivity contribution in [3.63, 3.8) is 0 Å². The molecule has 7 nitrogen and oxygen atoms in total. The lowest BCUT2D eigenvalue weighted by Gasteiger charge is -2.33. The van der Waals surface area contributed by atoms with Gasteiger partial charge >= 0.3 is 0 Å². The highest BCUT2D eigenvalue weighted by atomic mass is 32.2. The van der Waals surface area contributed by atoms with E-state index in [4.69, 9.17) is 0 Å². The van der Waals surface area contributed by atoms with Crippen LogP contribution >= 0.6 is 0 Å². The minimum absolute atomic E-state index is 0.0269. The Hall–Kier alpha value is -4.50. The Labute approximate surface area is 246 Å². The van der Waals surface area contributed by atoms with Gasteiger partial charge in [-0.3, -0.25) is 13.9 Å². The van der Waals surface area contributed by atoms with Crippen molar-refractivity contribution in [1.82, 2.24) is 10.2 Å². The topological polar surface area (TPSA) is 86.8 Å². The average molecular weight is 588 g/mol. The third-order valence-electron chi connectivity index (χ3n) is 6.82. The van der Waals surface area contributed by atoms with Crippen LogP contribution in [0.3, 0.4) is 0 Å². The van der Waals surface area contributed by atoms with Crippen molar-refractivity contribution in [2.24, 2.45) is 0 Å². The van der Waals surface area contributed by atoms with Crippen LogP contribution in [0, 0.1) is 12.7 Å². The molecular weight excluding hydrogens is 553 g/mol. The number of hydrogen-bond acceptors (Lipinski definition) is 4. The Balaban J connectivity index is 1.78. The van der Waals surface area contributed by atoms with Crippen molar-refractivity contribution in [2.75, 3.05) is 17.4 Å². The summed E-state index contributed by atoms with van der Waals surface area (Å²) < 4.78 is 42.6. The van der Waals surface area contributed by atoms with Crippen LogP contribution in [0.5, 0.6) is 0 Å². The maximum atomic E-state index is 14.2. The number of aryl methyl sites for hydroxylation is 1. The van der Waals surface area contributed by atoms with Gasteiger partial charge in [0.05, 0.1) is 10.6 Å². The van der Waals surface area contributed by atoms with Crippen LogP contribution in [-0.4, -0.2) is 44.3 Å². The lowest BCUT2D eigenvalue weighted by atomic mass is 10.0.